The van der Waals surface area contributed by atoms with Gasteiger partial charge < -0.3 is 10.1 Å². The van der Waals surface area contributed by atoms with Crippen LogP contribution in [0.15, 0.2) is 0 Å². The SMILES string of the molecule is CCCOCCn1nc(C)c(C(CC)NCC)c1C. The maximum Gasteiger partial charge on any atom is 0.0662 e. The summed E-state index contributed by atoms with van der Waals surface area (Å²) in [4.78, 5) is 0. The number of hydrogen-bond acceptors (Lipinski definition) is 3. The molecule has 0 radical (unpaired) electrons. The minimum Gasteiger partial charge on any atom is -0.380 e. The first-order valence-corrected chi connectivity index (χ1v) is 7.50. The maximum absolute atomic E-state index is 5.55. The fourth-order valence-corrected chi connectivity index (χ4v) is 2.53. The molecule has 0 fully saturated rings. The highest BCUT2D eigenvalue weighted by Crippen LogP contribution is 2.24. The number of aryl methyl sites for hydroxylation is 1. The fraction of sp³-hybridized carbons (Fsp3) is 0.800. The van der Waals surface area contributed by atoms with Crippen molar-refractivity contribution in [2.45, 2.75) is 60.0 Å². The average molecular weight is 267 g/mol. The van der Waals surface area contributed by atoms with Gasteiger partial charge in [0.1, 0.15) is 0 Å². The van der Waals surface area contributed by atoms with Crippen LogP contribution in [0, 0.1) is 13.8 Å². The molecule has 1 aromatic rings. The second kappa shape index (κ2) is 8.33. The van der Waals surface area contributed by atoms with Gasteiger partial charge in [0, 0.05) is 23.9 Å². The van der Waals surface area contributed by atoms with Crippen LogP contribution in [0.3, 0.4) is 0 Å². The van der Waals surface area contributed by atoms with Crippen LogP contribution < -0.4 is 5.32 Å². The van der Waals surface area contributed by atoms with Gasteiger partial charge in [0.25, 0.3) is 0 Å². The van der Waals surface area contributed by atoms with E-state index in [-0.39, 0.29) is 0 Å². The summed E-state index contributed by atoms with van der Waals surface area (Å²) in [5.74, 6) is 0. The van der Waals surface area contributed by atoms with Gasteiger partial charge in [0.05, 0.1) is 18.8 Å². The van der Waals surface area contributed by atoms with Crippen LogP contribution in [0.5, 0.6) is 0 Å². The quantitative estimate of drug-likeness (QED) is 0.699. The molecule has 4 nitrogen and oxygen atoms in total. The van der Waals surface area contributed by atoms with Gasteiger partial charge in [-0.15, -0.1) is 0 Å². The highest BCUT2D eigenvalue weighted by atomic mass is 16.5. The lowest BCUT2D eigenvalue weighted by molar-refractivity contribution is 0.124. The van der Waals surface area contributed by atoms with Crippen LogP contribution in [0.1, 0.15) is 56.6 Å². The Kier molecular flexibility index (Phi) is 7.10. The number of nitrogens with one attached hydrogen (secondary N) is 1. The van der Waals surface area contributed by atoms with Crippen molar-refractivity contribution in [1.82, 2.24) is 15.1 Å². The lowest BCUT2D eigenvalue weighted by atomic mass is 10.0. The Morgan fingerprint density at radius 1 is 1.21 bits per heavy atom. The summed E-state index contributed by atoms with van der Waals surface area (Å²) in [7, 11) is 0. The Morgan fingerprint density at radius 2 is 1.95 bits per heavy atom. The average Bonchev–Trinajstić information content (AvgIpc) is 2.67. The van der Waals surface area contributed by atoms with Gasteiger partial charge in [-0.25, -0.2) is 0 Å². The van der Waals surface area contributed by atoms with E-state index in [0.717, 1.165) is 44.8 Å². The van der Waals surface area contributed by atoms with Crippen molar-refractivity contribution >= 4 is 0 Å². The van der Waals surface area contributed by atoms with E-state index in [0.29, 0.717) is 6.04 Å². The monoisotopic (exact) mass is 267 g/mol. The Hall–Kier alpha value is -0.870. The molecule has 1 N–H and O–H groups in total. The van der Waals surface area contributed by atoms with Crippen molar-refractivity contribution in [2.24, 2.45) is 0 Å². The van der Waals surface area contributed by atoms with Crippen LogP contribution in [0.25, 0.3) is 0 Å². The topological polar surface area (TPSA) is 39.1 Å². The molecule has 1 heterocycles. The molecule has 0 aliphatic carbocycles. The van der Waals surface area contributed by atoms with E-state index in [1.165, 1.54) is 11.3 Å². The second-order valence-corrected chi connectivity index (χ2v) is 4.94. The number of hydrogen-bond donors (Lipinski definition) is 1. The van der Waals surface area contributed by atoms with Crippen LogP contribution in [0.4, 0.5) is 0 Å². The van der Waals surface area contributed by atoms with Gasteiger partial charge in [-0.2, -0.15) is 5.10 Å². The first-order chi connectivity index (χ1) is 9.15. The third-order valence-electron chi connectivity index (χ3n) is 3.44. The van der Waals surface area contributed by atoms with Crippen LogP contribution in [0.2, 0.25) is 0 Å². The molecule has 4 heteroatoms. The molecule has 0 aliphatic heterocycles. The molecule has 1 atom stereocenters. The molecule has 1 unspecified atom stereocenters. The largest absolute Gasteiger partial charge is 0.380 e. The van der Waals surface area contributed by atoms with Gasteiger partial charge >= 0.3 is 0 Å². The summed E-state index contributed by atoms with van der Waals surface area (Å²) in [5.41, 5.74) is 3.77. The molecule has 0 aromatic carbocycles. The zero-order valence-corrected chi connectivity index (χ0v) is 13.1. The van der Waals surface area contributed by atoms with Crippen molar-refractivity contribution in [1.29, 1.82) is 0 Å². The number of aromatic nitrogens is 2. The summed E-state index contributed by atoms with van der Waals surface area (Å²) in [6.07, 6.45) is 2.16. The van der Waals surface area contributed by atoms with E-state index in [1.54, 1.807) is 0 Å². The number of nitrogens with zero attached hydrogens (tertiary/aromatic N) is 2. The van der Waals surface area contributed by atoms with Crippen molar-refractivity contribution in [2.75, 3.05) is 19.8 Å². The molecule has 0 bridgehead atoms. The van der Waals surface area contributed by atoms with Gasteiger partial charge in [0.15, 0.2) is 0 Å². The van der Waals surface area contributed by atoms with E-state index in [9.17, 15) is 0 Å². The van der Waals surface area contributed by atoms with Crippen molar-refractivity contribution in [3.63, 3.8) is 0 Å². The maximum atomic E-state index is 5.55. The zero-order valence-electron chi connectivity index (χ0n) is 13.1. The Labute approximate surface area is 117 Å². The minimum atomic E-state index is 0.412. The predicted molar refractivity (Wildman–Crippen MR) is 79.5 cm³/mol. The number of ether oxygens (including phenoxy) is 1. The smallest absolute Gasteiger partial charge is 0.0662 e. The third kappa shape index (κ3) is 4.32. The van der Waals surface area contributed by atoms with Gasteiger partial charge in [-0.1, -0.05) is 20.8 Å². The third-order valence-corrected chi connectivity index (χ3v) is 3.44. The molecule has 0 saturated heterocycles. The fourth-order valence-electron chi connectivity index (χ4n) is 2.53. The van der Waals surface area contributed by atoms with E-state index in [1.807, 2.05) is 0 Å². The standard InChI is InChI=1S/C15H29N3O/c1-6-10-19-11-9-18-13(5)15(12(4)17-18)14(7-2)16-8-3/h14,16H,6-11H2,1-5H3. The molecule has 0 amide bonds. The summed E-state index contributed by atoms with van der Waals surface area (Å²) in [5, 5.41) is 8.19. The molecular weight excluding hydrogens is 238 g/mol. The molecule has 0 aliphatic rings. The molecular formula is C15H29N3O. The molecule has 1 rings (SSSR count). The Balaban J connectivity index is 2.75. The first-order valence-electron chi connectivity index (χ1n) is 7.50. The highest BCUT2D eigenvalue weighted by molar-refractivity contribution is 5.28. The van der Waals surface area contributed by atoms with Crippen LogP contribution >= 0.6 is 0 Å². The zero-order chi connectivity index (χ0) is 14.3. The highest BCUT2D eigenvalue weighted by Gasteiger charge is 2.18. The number of rotatable bonds is 9. The molecule has 0 spiro atoms. The van der Waals surface area contributed by atoms with E-state index in [4.69, 9.17) is 4.74 Å². The van der Waals surface area contributed by atoms with E-state index in [2.05, 4.69) is 49.7 Å². The van der Waals surface area contributed by atoms with Gasteiger partial charge in [-0.05, 0) is 33.2 Å². The minimum absolute atomic E-state index is 0.412. The van der Waals surface area contributed by atoms with Crippen LogP contribution in [-0.2, 0) is 11.3 Å². The van der Waals surface area contributed by atoms with Crippen molar-refractivity contribution in [3.05, 3.63) is 17.0 Å². The normalized spacial score (nSPS) is 12.9. The predicted octanol–water partition coefficient (Wildman–Crippen LogP) is 2.99. The van der Waals surface area contributed by atoms with Crippen molar-refractivity contribution < 1.29 is 4.74 Å². The van der Waals surface area contributed by atoms with E-state index >= 15 is 0 Å². The molecule has 0 saturated carbocycles. The molecule has 19 heavy (non-hydrogen) atoms. The van der Waals surface area contributed by atoms with Gasteiger partial charge in [-0.3, -0.25) is 4.68 Å². The second-order valence-electron chi connectivity index (χ2n) is 4.94. The van der Waals surface area contributed by atoms with Crippen molar-refractivity contribution in [3.8, 4) is 0 Å². The molecule has 1 aromatic heterocycles. The lowest BCUT2D eigenvalue weighted by Crippen LogP contribution is -2.21. The summed E-state index contributed by atoms with van der Waals surface area (Å²) >= 11 is 0. The Morgan fingerprint density at radius 3 is 2.53 bits per heavy atom. The Bertz CT molecular complexity index is 374. The molecule has 110 valence electrons. The summed E-state index contributed by atoms with van der Waals surface area (Å²) in [6.45, 7) is 14.2. The van der Waals surface area contributed by atoms with E-state index < -0.39 is 0 Å². The van der Waals surface area contributed by atoms with Crippen LogP contribution in [-0.4, -0.2) is 29.5 Å². The van der Waals surface area contributed by atoms with Gasteiger partial charge in [0.2, 0.25) is 0 Å². The lowest BCUT2D eigenvalue weighted by Gasteiger charge is -2.16. The summed E-state index contributed by atoms with van der Waals surface area (Å²) < 4.78 is 7.63. The summed E-state index contributed by atoms with van der Waals surface area (Å²) in [6, 6.07) is 0.412. The first kappa shape index (κ1) is 16.2.